The monoisotopic (exact) mass is 547 g/mol. The van der Waals surface area contributed by atoms with Gasteiger partial charge in [-0.1, -0.05) is 65.6 Å². The number of nitrogens with zero attached hydrogens (tertiary/aromatic N) is 2. The first-order valence-corrected chi connectivity index (χ1v) is 13.2. The maximum atomic E-state index is 12.6. The fraction of sp³-hybridized carbons (Fsp3) is 0.250. The highest BCUT2D eigenvalue weighted by Gasteiger charge is 2.32. The average Bonchev–Trinajstić information content (AvgIpc) is 3.29. The second-order valence-corrected chi connectivity index (χ2v) is 11.0. The summed E-state index contributed by atoms with van der Waals surface area (Å²) in [5.74, 6) is -2.70. The largest absolute Gasteiger partial charge is 0.548 e. The van der Waals surface area contributed by atoms with Gasteiger partial charge in [0.2, 0.25) is 0 Å². The number of para-hydroxylation sites is 1. The molecule has 2 heterocycles. The lowest BCUT2D eigenvalue weighted by Gasteiger charge is -2.20. The van der Waals surface area contributed by atoms with Crippen molar-refractivity contribution in [3.8, 4) is 0 Å². The number of carboxylic acids is 2. The molecule has 0 spiro atoms. The van der Waals surface area contributed by atoms with Gasteiger partial charge in [-0.15, -0.1) is 0 Å². The Morgan fingerprint density at radius 2 is 1.94 bits per heavy atom. The molecule has 182 valence electrons. The van der Waals surface area contributed by atoms with Crippen LogP contribution >= 0.6 is 47.3 Å². The molecular formula is C24H20ClN2O5S3-. The Hall–Kier alpha value is -2.53. The third-order valence-corrected chi connectivity index (χ3v) is 8.53. The lowest BCUT2D eigenvalue weighted by molar-refractivity contribution is -0.305. The second kappa shape index (κ2) is 11.0. The molecule has 1 amide bonds. The predicted molar refractivity (Wildman–Crippen MR) is 140 cm³/mol. The second-order valence-electron chi connectivity index (χ2n) is 7.89. The summed E-state index contributed by atoms with van der Waals surface area (Å²) < 4.78 is 0.178. The Kier molecular flexibility index (Phi) is 8.05. The van der Waals surface area contributed by atoms with Crippen molar-refractivity contribution in [2.45, 2.75) is 30.6 Å². The Morgan fingerprint density at radius 3 is 2.69 bits per heavy atom. The zero-order chi connectivity index (χ0) is 25.1. The third-order valence-electron chi connectivity index (χ3n) is 5.54. The fourth-order valence-electron chi connectivity index (χ4n) is 3.90. The number of thioether (sulfide) groups is 2. The topological polar surface area (TPSA) is 101 Å². The first-order valence-electron chi connectivity index (χ1n) is 10.8. The van der Waals surface area contributed by atoms with Gasteiger partial charge in [0.15, 0.2) is 0 Å². The summed E-state index contributed by atoms with van der Waals surface area (Å²) in [7, 11) is 0. The zero-order valence-electron chi connectivity index (χ0n) is 18.4. The minimum atomic E-state index is -1.37. The number of rotatable bonds is 7. The highest BCUT2D eigenvalue weighted by atomic mass is 35.5. The maximum Gasteiger partial charge on any atom is 0.305 e. The van der Waals surface area contributed by atoms with E-state index in [4.69, 9.17) is 28.9 Å². The van der Waals surface area contributed by atoms with Crippen LogP contribution in [0.15, 0.2) is 73.5 Å². The predicted octanol–water partition coefficient (Wildman–Crippen LogP) is 4.01. The van der Waals surface area contributed by atoms with E-state index in [9.17, 15) is 19.5 Å². The Labute approximate surface area is 221 Å². The third kappa shape index (κ3) is 5.83. The summed E-state index contributed by atoms with van der Waals surface area (Å²) in [6.07, 6.45) is 7.89. The first kappa shape index (κ1) is 25.6. The summed E-state index contributed by atoms with van der Waals surface area (Å²) in [5, 5.41) is 21.5. The quantitative estimate of drug-likeness (QED) is 0.400. The average molecular weight is 548 g/mol. The van der Waals surface area contributed by atoms with Crippen molar-refractivity contribution in [3.63, 3.8) is 0 Å². The van der Waals surface area contributed by atoms with Gasteiger partial charge in [-0.25, -0.2) is 0 Å². The maximum absolute atomic E-state index is 12.6. The van der Waals surface area contributed by atoms with Crippen LogP contribution in [-0.4, -0.2) is 45.3 Å². The minimum Gasteiger partial charge on any atom is -0.548 e. The number of carbonyl (C=O) groups is 3. The molecule has 0 radical (unpaired) electrons. The van der Waals surface area contributed by atoms with Crippen LogP contribution in [0.3, 0.4) is 0 Å². The van der Waals surface area contributed by atoms with E-state index in [1.165, 1.54) is 0 Å². The number of fused-ring (bicyclic) bond motifs is 1. The number of hydrogen-bond donors (Lipinski definition) is 1. The van der Waals surface area contributed by atoms with Crippen molar-refractivity contribution in [1.82, 2.24) is 4.90 Å². The molecule has 1 fully saturated rings. The van der Waals surface area contributed by atoms with Gasteiger partial charge < -0.3 is 19.9 Å². The molecule has 1 aromatic rings. The lowest BCUT2D eigenvalue weighted by atomic mass is 9.94. The molecule has 2 aliphatic heterocycles. The minimum absolute atomic E-state index is 0.0176. The van der Waals surface area contributed by atoms with Crippen molar-refractivity contribution in [2.75, 3.05) is 18.0 Å². The smallest absolute Gasteiger partial charge is 0.305 e. The Morgan fingerprint density at radius 1 is 1.17 bits per heavy atom. The van der Waals surface area contributed by atoms with Crippen LogP contribution < -0.4 is 10.0 Å². The molecule has 1 aromatic carbocycles. The number of hydrogen-bond acceptors (Lipinski definition) is 8. The van der Waals surface area contributed by atoms with E-state index in [-0.39, 0.29) is 10.7 Å². The summed E-state index contributed by atoms with van der Waals surface area (Å²) in [5.41, 5.74) is 2.69. The molecule has 35 heavy (non-hydrogen) atoms. The first-order chi connectivity index (χ1) is 16.7. The van der Waals surface area contributed by atoms with Crippen molar-refractivity contribution in [2.24, 2.45) is 0 Å². The highest BCUT2D eigenvalue weighted by Crippen LogP contribution is 2.46. The SMILES string of the molecule is O=C([O-])CN1C(=O)C(=CC2=C(Cl)C(=CC=C3Sc4ccccc4N3CCC(=O)O)CCC2)SC1=S. The van der Waals surface area contributed by atoms with Gasteiger partial charge >= 0.3 is 5.97 Å². The van der Waals surface area contributed by atoms with Gasteiger partial charge in [0.1, 0.15) is 4.32 Å². The molecule has 1 aliphatic carbocycles. The number of aliphatic carboxylic acids is 2. The molecule has 0 aromatic heterocycles. The van der Waals surface area contributed by atoms with E-state index in [0.717, 1.165) is 56.3 Å². The van der Waals surface area contributed by atoms with Crippen LogP contribution in [0, 0.1) is 0 Å². The molecule has 0 bridgehead atoms. The van der Waals surface area contributed by atoms with Crippen LogP contribution in [-0.2, 0) is 14.4 Å². The molecule has 7 nitrogen and oxygen atoms in total. The van der Waals surface area contributed by atoms with Crippen molar-refractivity contribution in [1.29, 1.82) is 0 Å². The van der Waals surface area contributed by atoms with Crippen molar-refractivity contribution < 1.29 is 24.6 Å². The number of anilines is 1. The van der Waals surface area contributed by atoms with Crippen LogP contribution in [0.5, 0.6) is 0 Å². The number of amides is 1. The van der Waals surface area contributed by atoms with Gasteiger partial charge in [0.05, 0.1) is 34.6 Å². The van der Waals surface area contributed by atoms with E-state index in [0.29, 0.717) is 22.9 Å². The number of carboxylic acid groups (broad SMARTS) is 2. The molecule has 1 N–H and O–H groups in total. The van der Waals surface area contributed by atoms with Gasteiger partial charge in [-0.3, -0.25) is 14.5 Å². The highest BCUT2D eigenvalue weighted by molar-refractivity contribution is 8.26. The van der Waals surface area contributed by atoms with E-state index >= 15 is 0 Å². The van der Waals surface area contributed by atoms with E-state index in [1.54, 1.807) is 17.8 Å². The number of thiocarbonyl (C=S) groups is 1. The van der Waals surface area contributed by atoms with Crippen LogP contribution in [0.25, 0.3) is 0 Å². The van der Waals surface area contributed by atoms with Gasteiger partial charge in [0, 0.05) is 16.5 Å². The molecule has 3 aliphatic rings. The van der Waals surface area contributed by atoms with E-state index < -0.39 is 24.4 Å². The fourth-order valence-corrected chi connectivity index (χ4v) is 6.56. The van der Waals surface area contributed by atoms with Crippen molar-refractivity contribution in [3.05, 3.63) is 68.6 Å². The van der Waals surface area contributed by atoms with Crippen LogP contribution in [0.2, 0.25) is 0 Å². The standard InChI is InChI=1S/C24H21ClN2O5S3/c25-22-14(4-3-5-15(22)12-18-23(32)27(13-21(30)31)24(33)35-18)8-9-19-26(11-10-20(28)29)16-6-1-2-7-17(16)34-19/h1-2,6-9,12H,3-5,10-11,13H2,(H,28,29)(H,30,31)/p-1. The summed E-state index contributed by atoms with van der Waals surface area (Å²) in [6.45, 7) is -0.219. The molecule has 1 saturated heterocycles. The number of halogens is 1. The molecule has 0 unspecified atom stereocenters. The summed E-state index contributed by atoms with van der Waals surface area (Å²) in [6, 6.07) is 7.85. The molecule has 11 heteroatoms. The molecule has 4 rings (SSSR count). The molecule has 0 atom stereocenters. The zero-order valence-corrected chi connectivity index (χ0v) is 21.6. The van der Waals surface area contributed by atoms with E-state index in [2.05, 4.69) is 0 Å². The lowest BCUT2D eigenvalue weighted by Crippen LogP contribution is -2.40. The number of carbonyl (C=O) groups excluding carboxylic acids is 2. The van der Waals surface area contributed by atoms with Crippen molar-refractivity contribution >= 4 is 75.2 Å². The number of benzene rings is 1. The number of allylic oxidation sites excluding steroid dienone is 6. The van der Waals surface area contributed by atoms with E-state index in [1.807, 2.05) is 41.3 Å². The Bertz CT molecular complexity index is 1240. The summed E-state index contributed by atoms with van der Waals surface area (Å²) in [4.78, 5) is 39.1. The van der Waals surface area contributed by atoms with Gasteiger partial charge in [-0.05, 0) is 54.7 Å². The Balaban J connectivity index is 1.59. The van der Waals surface area contributed by atoms with Crippen LogP contribution in [0.4, 0.5) is 5.69 Å². The molecule has 0 saturated carbocycles. The summed E-state index contributed by atoms with van der Waals surface area (Å²) >= 11 is 14.5. The normalized spacial score (nSPS) is 21.6. The van der Waals surface area contributed by atoms with Gasteiger partial charge in [0.25, 0.3) is 5.91 Å². The van der Waals surface area contributed by atoms with Gasteiger partial charge in [-0.2, -0.15) is 0 Å². The molecular weight excluding hydrogens is 528 g/mol. The van der Waals surface area contributed by atoms with Crippen LogP contribution in [0.1, 0.15) is 25.7 Å².